The number of ether oxygens (including phenoxy) is 2. The molecule has 0 heterocycles. The first kappa shape index (κ1) is 11.7. The molecule has 0 aromatic heterocycles. The minimum atomic E-state index is 0.150. The van der Waals surface area contributed by atoms with Crippen LogP contribution in [0.1, 0.15) is 18.1 Å². The molecule has 0 saturated carbocycles. The summed E-state index contributed by atoms with van der Waals surface area (Å²) in [6.07, 6.45) is 0.447. The van der Waals surface area contributed by atoms with E-state index in [0.717, 1.165) is 16.9 Å². The highest BCUT2D eigenvalue weighted by molar-refractivity contribution is 5.78. The van der Waals surface area contributed by atoms with Crippen molar-refractivity contribution in [1.82, 2.24) is 0 Å². The third-order valence-electron chi connectivity index (χ3n) is 2.15. The van der Waals surface area contributed by atoms with Gasteiger partial charge in [-0.15, -0.1) is 0 Å². The molecule has 15 heavy (non-hydrogen) atoms. The van der Waals surface area contributed by atoms with Gasteiger partial charge < -0.3 is 9.47 Å². The third-order valence-corrected chi connectivity index (χ3v) is 2.15. The number of benzene rings is 1. The number of carbonyl (C=O) groups is 1. The van der Waals surface area contributed by atoms with E-state index in [0.29, 0.717) is 13.0 Å². The molecule has 0 unspecified atom stereocenters. The van der Waals surface area contributed by atoms with Crippen LogP contribution in [-0.2, 0) is 22.6 Å². The van der Waals surface area contributed by atoms with E-state index < -0.39 is 0 Å². The minimum absolute atomic E-state index is 0.150. The molecular weight excluding hydrogens is 192 g/mol. The quantitative estimate of drug-likeness (QED) is 0.742. The maximum absolute atomic E-state index is 11.1. The van der Waals surface area contributed by atoms with Gasteiger partial charge in [-0.3, -0.25) is 4.79 Å². The van der Waals surface area contributed by atoms with E-state index in [1.54, 1.807) is 21.1 Å². The summed E-state index contributed by atoms with van der Waals surface area (Å²) in [4.78, 5) is 11.1. The summed E-state index contributed by atoms with van der Waals surface area (Å²) in [5.41, 5.74) is 2.01. The van der Waals surface area contributed by atoms with Gasteiger partial charge in [0.15, 0.2) is 0 Å². The van der Waals surface area contributed by atoms with Crippen LogP contribution in [0.15, 0.2) is 18.2 Å². The van der Waals surface area contributed by atoms with Crippen molar-refractivity contribution in [2.45, 2.75) is 20.0 Å². The van der Waals surface area contributed by atoms with E-state index in [1.807, 2.05) is 18.2 Å². The van der Waals surface area contributed by atoms with Gasteiger partial charge in [-0.25, -0.2) is 0 Å². The van der Waals surface area contributed by atoms with Gasteiger partial charge >= 0.3 is 0 Å². The van der Waals surface area contributed by atoms with Crippen LogP contribution >= 0.6 is 0 Å². The van der Waals surface area contributed by atoms with E-state index in [2.05, 4.69) is 0 Å². The molecule has 0 aliphatic carbocycles. The van der Waals surface area contributed by atoms with Crippen molar-refractivity contribution < 1.29 is 14.3 Å². The fourth-order valence-corrected chi connectivity index (χ4v) is 1.46. The highest BCUT2D eigenvalue weighted by atomic mass is 16.5. The smallest absolute Gasteiger partial charge is 0.134 e. The van der Waals surface area contributed by atoms with Crippen LogP contribution in [0.2, 0.25) is 0 Å². The van der Waals surface area contributed by atoms with Gasteiger partial charge in [-0.2, -0.15) is 0 Å². The Labute approximate surface area is 90.0 Å². The van der Waals surface area contributed by atoms with Gasteiger partial charge in [0, 0.05) is 13.5 Å². The molecule has 0 bridgehead atoms. The van der Waals surface area contributed by atoms with Gasteiger partial charge in [-0.05, 0) is 30.2 Å². The summed E-state index contributed by atoms with van der Waals surface area (Å²) in [6.45, 7) is 2.08. The molecule has 0 spiro atoms. The first-order valence-electron chi connectivity index (χ1n) is 4.81. The van der Waals surface area contributed by atoms with Gasteiger partial charge in [0.25, 0.3) is 0 Å². The fourth-order valence-electron chi connectivity index (χ4n) is 1.46. The molecule has 0 aliphatic rings. The van der Waals surface area contributed by atoms with Crippen LogP contribution < -0.4 is 4.74 Å². The summed E-state index contributed by atoms with van der Waals surface area (Å²) < 4.78 is 10.2. The van der Waals surface area contributed by atoms with E-state index in [4.69, 9.17) is 9.47 Å². The van der Waals surface area contributed by atoms with Gasteiger partial charge in [0.1, 0.15) is 11.5 Å². The van der Waals surface area contributed by atoms with E-state index in [-0.39, 0.29) is 5.78 Å². The maximum Gasteiger partial charge on any atom is 0.134 e. The van der Waals surface area contributed by atoms with Gasteiger partial charge in [0.05, 0.1) is 13.7 Å². The molecular formula is C12H16O3. The monoisotopic (exact) mass is 208 g/mol. The average Bonchev–Trinajstić information content (AvgIpc) is 2.20. The molecule has 0 atom stereocenters. The maximum atomic E-state index is 11.1. The lowest BCUT2D eigenvalue weighted by Gasteiger charge is -2.09. The molecule has 1 aromatic carbocycles. The normalized spacial score (nSPS) is 10.1. The van der Waals surface area contributed by atoms with Crippen molar-refractivity contribution in [3.05, 3.63) is 29.3 Å². The molecule has 0 radical (unpaired) electrons. The number of carbonyl (C=O) groups excluding carboxylic acids is 1. The molecule has 3 heteroatoms. The lowest BCUT2D eigenvalue weighted by atomic mass is 10.0. The summed E-state index contributed by atoms with van der Waals surface area (Å²) in [7, 11) is 3.26. The Morgan fingerprint density at radius 2 is 2.00 bits per heavy atom. The molecule has 0 amide bonds. The molecule has 0 saturated heterocycles. The second-order valence-corrected chi connectivity index (χ2v) is 3.45. The van der Waals surface area contributed by atoms with Crippen LogP contribution in [0, 0.1) is 0 Å². The van der Waals surface area contributed by atoms with Crippen LogP contribution in [-0.4, -0.2) is 20.0 Å². The Hall–Kier alpha value is -1.35. The van der Waals surface area contributed by atoms with Crippen LogP contribution in [0.5, 0.6) is 5.75 Å². The molecule has 82 valence electrons. The van der Waals surface area contributed by atoms with Crippen molar-refractivity contribution in [2.24, 2.45) is 0 Å². The summed E-state index contributed by atoms with van der Waals surface area (Å²) in [6, 6.07) is 5.67. The van der Waals surface area contributed by atoms with Crippen molar-refractivity contribution in [3.63, 3.8) is 0 Å². The van der Waals surface area contributed by atoms with Crippen molar-refractivity contribution in [2.75, 3.05) is 14.2 Å². The molecule has 0 fully saturated rings. The zero-order valence-electron chi connectivity index (χ0n) is 9.37. The largest absolute Gasteiger partial charge is 0.497 e. The van der Waals surface area contributed by atoms with E-state index in [1.165, 1.54) is 0 Å². The average molecular weight is 208 g/mol. The highest BCUT2D eigenvalue weighted by Gasteiger charge is 2.06. The molecule has 0 N–H and O–H groups in total. The topological polar surface area (TPSA) is 35.5 Å². The van der Waals surface area contributed by atoms with Crippen molar-refractivity contribution in [3.8, 4) is 5.75 Å². The van der Waals surface area contributed by atoms with Crippen LogP contribution in [0.3, 0.4) is 0 Å². The molecule has 1 aromatic rings. The number of ketones is 1. The Balaban J connectivity index is 2.97. The Morgan fingerprint density at radius 3 is 2.53 bits per heavy atom. The standard InChI is InChI=1S/C12H16O3/c1-9(13)6-10-4-5-12(15-3)7-11(10)8-14-2/h4-5,7H,6,8H2,1-3H3. The predicted octanol–water partition coefficient (Wildman–Crippen LogP) is 1.97. The molecule has 0 aliphatic heterocycles. The number of hydrogen-bond acceptors (Lipinski definition) is 3. The highest BCUT2D eigenvalue weighted by Crippen LogP contribution is 2.19. The molecule has 1 rings (SSSR count). The second kappa shape index (κ2) is 5.51. The van der Waals surface area contributed by atoms with Gasteiger partial charge in [0.2, 0.25) is 0 Å². The van der Waals surface area contributed by atoms with Crippen LogP contribution in [0.4, 0.5) is 0 Å². The molecule has 3 nitrogen and oxygen atoms in total. The Kier molecular flexibility index (Phi) is 4.31. The SMILES string of the molecule is COCc1cc(OC)ccc1CC(C)=O. The van der Waals surface area contributed by atoms with Crippen LogP contribution in [0.25, 0.3) is 0 Å². The first-order chi connectivity index (χ1) is 7.17. The summed E-state index contributed by atoms with van der Waals surface area (Å²) in [5.74, 6) is 0.937. The summed E-state index contributed by atoms with van der Waals surface area (Å²) in [5, 5.41) is 0. The first-order valence-corrected chi connectivity index (χ1v) is 4.81. The second-order valence-electron chi connectivity index (χ2n) is 3.45. The zero-order chi connectivity index (χ0) is 11.3. The fraction of sp³-hybridized carbons (Fsp3) is 0.417. The third kappa shape index (κ3) is 3.36. The number of Topliss-reactive ketones (excluding diaryl/α,β-unsaturated/α-hetero) is 1. The predicted molar refractivity (Wildman–Crippen MR) is 58.1 cm³/mol. The summed E-state index contributed by atoms with van der Waals surface area (Å²) >= 11 is 0. The van der Waals surface area contributed by atoms with Crippen molar-refractivity contribution >= 4 is 5.78 Å². The lowest BCUT2D eigenvalue weighted by Crippen LogP contribution is -2.02. The van der Waals surface area contributed by atoms with Gasteiger partial charge in [-0.1, -0.05) is 6.07 Å². The van der Waals surface area contributed by atoms with Crippen molar-refractivity contribution in [1.29, 1.82) is 0 Å². The minimum Gasteiger partial charge on any atom is -0.497 e. The lowest BCUT2D eigenvalue weighted by molar-refractivity contribution is -0.116. The number of methoxy groups -OCH3 is 2. The van der Waals surface area contributed by atoms with E-state index in [9.17, 15) is 4.79 Å². The Bertz CT molecular complexity index is 345. The van der Waals surface area contributed by atoms with E-state index >= 15 is 0 Å². The Morgan fingerprint density at radius 1 is 1.27 bits per heavy atom. The zero-order valence-corrected chi connectivity index (χ0v) is 9.37. The number of hydrogen-bond donors (Lipinski definition) is 0. The number of rotatable bonds is 5.